The molecule has 2 atom stereocenters. The van der Waals surface area contributed by atoms with Crippen molar-refractivity contribution in [1.82, 2.24) is 14.9 Å². The van der Waals surface area contributed by atoms with E-state index in [4.69, 9.17) is 14.6 Å². The number of alkyl halides is 3. The number of carboxylic acid groups (broad SMARTS) is 1. The van der Waals surface area contributed by atoms with Gasteiger partial charge in [0.05, 0.1) is 18.2 Å². The highest BCUT2D eigenvalue weighted by atomic mass is 32.1. The molecule has 1 N–H and O–H groups in total. The molecule has 170 valence electrons. The number of aromatic nitrogens is 2. The molecule has 1 spiro atoms. The summed E-state index contributed by atoms with van der Waals surface area (Å²) in [5, 5.41) is 7.12. The van der Waals surface area contributed by atoms with Crippen LogP contribution in [0, 0.1) is 6.92 Å². The zero-order valence-electron chi connectivity index (χ0n) is 17.3. The molecular weight excluding hydrogens is 433 g/mol. The Labute approximate surface area is 182 Å². The van der Waals surface area contributed by atoms with Gasteiger partial charge < -0.3 is 14.7 Å². The first-order chi connectivity index (χ1) is 14.6. The lowest BCUT2D eigenvalue weighted by Gasteiger charge is -2.26. The number of nitrogens with zero attached hydrogens (tertiary/aromatic N) is 4. The van der Waals surface area contributed by atoms with Gasteiger partial charge in [0.1, 0.15) is 0 Å². The third-order valence-electron chi connectivity index (χ3n) is 5.42. The fourth-order valence-corrected chi connectivity index (χ4v) is 4.78. The maximum atomic E-state index is 10.6. The van der Waals surface area contributed by atoms with Gasteiger partial charge in [0.2, 0.25) is 5.95 Å². The van der Waals surface area contributed by atoms with Gasteiger partial charge in [0.15, 0.2) is 0 Å². The predicted molar refractivity (Wildman–Crippen MR) is 110 cm³/mol. The van der Waals surface area contributed by atoms with E-state index in [9.17, 15) is 13.2 Å². The molecule has 11 heteroatoms. The Morgan fingerprint density at radius 2 is 2.06 bits per heavy atom. The number of likely N-dealkylation sites (N-methyl/N-ethyl adjacent to an activating group) is 1. The van der Waals surface area contributed by atoms with Gasteiger partial charge in [-0.15, -0.1) is 11.3 Å². The van der Waals surface area contributed by atoms with Gasteiger partial charge >= 0.3 is 12.1 Å². The lowest BCUT2D eigenvalue weighted by atomic mass is 9.97. The Kier molecular flexibility index (Phi) is 7.17. The number of ether oxygens (including phenoxy) is 1. The zero-order valence-corrected chi connectivity index (χ0v) is 18.1. The van der Waals surface area contributed by atoms with Gasteiger partial charge in [-0.1, -0.05) is 0 Å². The monoisotopic (exact) mass is 458 g/mol. The number of rotatable bonds is 4. The van der Waals surface area contributed by atoms with Gasteiger partial charge in [-0.25, -0.2) is 14.8 Å². The van der Waals surface area contributed by atoms with Gasteiger partial charge in [0, 0.05) is 55.3 Å². The number of thiophene rings is 1. The van der Waals surface area contributed by atoms with Crippen molar-refractivity contribution in [3.05, 3.63) is 40.3 Å². The number of aliphatic carboxylic acids is 1. The fourth-order valence-electron chi connectivity index (χ4n) is 3.84. The molecule has 2 aliphatic heterocycles. The van der Waals surface area contributed by atoms with Crippen LogP contribution in [-0.2, 0) is 16.1 Å². The van der Waals surface area contributed by atoms with E-state index in [1.54, 1.807) is 12.4 Å². The second-order valence-electron chi connectivity index (χ2n) is 7.79. The third-order valence-corrected chi connectivity index (χ3v) is 6.40. The normalized spacial score (nSPS) is 23.6. The molecule has 2 saturated heterocycles. The molecule has 31 heavy (non-hydrogen) atoms. The molecule has 0 aliphatic carbocycles. The Bertz CT molecular complexity index is 880. The molecule has 0 amide bonds. The smallest absolute Gasteiger partial charge is 0.475 e. The maximum Gasteiger partial charge on any atom is 0.490 e. The van der Waals surface area contributed by atoms with Crippen LogP contribution in [0.1, 0.15) is 22.6 Å². The molecule has 7 nitrogen and oxygen atoms in total. The number of halogens is 3. The molecule has 2 aromatic rings. The standard InChI is InChI=1S/C18H24N4OS.C2HF3O2/c1-14-4-5-16(24-14)11-22-9-6-18(13-22)10-15(12-23-18)21(2)17-19-7-3-8-20-17;3-2(4,5)1(6)7/h3-5,7-8,15H,6,9-13H2,1-2H3;(H,6,7). The SMILES string of the molecule is Cc1ccc(CN2CCC3(CC(N(C)c4ncccn4)CO3)C2)s1.O=C(O)C(F)(F)F. The highest BCUT2D eigenvalue weighted by Crippen LogP contribution is 2.38. The first-order valence-corrected chi connectivity index (χ1v) is 10.6. The highest BCUT2D eigenvalue weighted by molar-refractivity contribution is 7.11. The summed E-state index contributed by atoms with van der Waals surface area (Å²) in [7, 11) is 2.07. The van der Waals surface area contributed by atoms with Crippen LogP contribution in [0.3, 0.4) is 0 Å². The van der Waals surface area contributed by atoms with Crippen molar-refractivity contribution < 1.29 is 27.8 Å². The summed E-state index contributed by atoms with van der Waals surface area (Å²) in [6, 6.07) is 6.67. The second kappa shape index (κ2) is 9.49. The Hall–Kier alpha value is -2.24. The molecule has 2 aromatic heterocycles. The van der Waals surface area contributed by atoms with E-state index >= 15 is 0 Å². The number of carboxylic acids is 1. The van der Waals surface area contributed by atoms with Crippen LogP contribution >= 0.6 is 11.3 Å². The average molecular weight is 459 g/mol. The molecule has 0 saturated carbocycles. The van der Waals surface area contributed by atoms with Crippen molar-refractivity contribution in [1.29, 1.82) is 0 Å². The van der Waals surface area contributed by atoms with Gasteiger partial charge in [-0.05, 0) is 31.5 Å². The van der Waals surface area contributed by atoms with Crippen molar-refractivity contribution >= 4 is 23.3 Å². The fraction of sp³-hybridized carbons (Fsp3) is 0.550. The summed E-state index contributed by atoms with van der Waals surface area (Å²) in [6.07, 6.45) is 0.689. The minimum Gasteiger partial charge on any atom is -0.475 e. The van der Waals surface area contributed by atoms with E-state index in [1.807, 2.05) is 17.4 Å². The summed E-state index contributed by atoms with van der Waals surface area (Å²) in [5.74, 6) is -1.97. The Morgan fingerprint density at radius 3 is 2.65 bits per heavy atom. The van der Waals surface area contributed by atoms with Crippen molar-refractivity contribution in [2.24, 2.45) is 0 Å². The lowest BCUT2D eigenvalue weighted by molar-refractivity contribution is -0.192. The minimum atomic E-state index is -5.08. The van der Waals surface area contributed by atoms with Crippen LogP contribution in [0.25, 0.3) is 0 Å². The molecule has 0 bridgehead atoms. The third kappa shape index (κ3) is 6.14. The summed E-state index contributed by atoms with van der Waals surface area (Å²) in [4.78, 5) is 25.2. The Morgan fingerprint density at radius 1 is 1.39 bits per heavy atom. The highest BCUT2D eigenvalue weighted by Gasteiger charge is 2.46. The number of hydrogen-bond acceptors (Lipinski definition) is 7. The van der Waals surface area contributed by atoms with E-state index in [0.717, 1.165) is 45.0 Å². The molecule has 0 radical (unpaired) electrons. The van der Waals surface area contributed by atoms with Crippen molar-refractivity contribution in [3.63, 3.8) is 0 Å². The molecule has 2 aliphatic rings. The van der Waals surface area contributed by atoms with Crippen LogP contribution in [0.4, 0.5) is 19.1 Å². The number of hydrogen-bond donors (Lipinski definition) is 1. The largest absolute Gasteiger partial charge is 0.490 e. The van der Waals surface area contributed by atoms with Crippen LogP contribution in [0.15, 0.2) is 30.6 Å². The topological polar surface area (TPSA) is 78.8 Å². The second-order valence-corrected chi connectivity index (χ2v) is 9.16. The molecule has 2 fully saturated rings. The Balaban J connectivity index is 0.000000339. The summed E-state index contributed by atoms with van der Waals surface area (Å²) in [6.45, 7) is 6.14. The van der Waals surface area contributed by atoms with Crippen molar-refractivity contribution in [2.45, 2.75) is 44.1 Å². The van der Waals surface area contributed by atoms with E-state index in [1.165, 1.54) is 9.75 Å². The molecule has 4 rings (SSSR count). The average Bonchev–Trinajstić information content (AvgIpc) is 3.43. The quantitative estimate of drug-likeness (QED) is 0.753. The number of aryl methyl sites for hydroxylation is 1. The van der Waals surface area contributed by atoms with E-state index in [2.05, 4.69) is 45.9 Å². The molecule has 4 heterocycles. The number of carbonyl (C=O) groups is 1. The minimum absolute atomic E-state index is 0.0139. The van der Waals surface area contributed by atoms with Crippen LogP contribution in [0.2, 0.25) is 0 Å². The van der Waals surface area contributed by atoms with E-state index < -0.39 is 12.1 Å². The van der Waals surface area contributed by atoms with Crippen LogP contribution in [-0.4, -0.2) is 70.5 Å². The number of anilines is 1. The molecule has 2 unspecified atom stereocenters. The van der Waals surface area contributed by atoms with E-state index in [-0.39, 0.29) is 5.60 Å². The molecular formula is C20H25F3N4O3S. The van der Waals surface area contributed by atoms with Crippen LogP contribution in [0.5, 0.6) is 0 Å². The summed E-state index contributed by atoms with van der Waals surface area (Å²) >= 11 is 1.90. The number of likely N-dealkylation sites (tertiary alicyclic amines) is 1. The van der Waals surface area contributed by atoms with Crippen molar-refractivity contribution in [3.8, 4) is 0 Å². The lowest BCUT2D eigenvalue weighted by Crippen LogP contribution is -2.36. The summed E-state index contributed by atoms with van der Waals surface area (Å²) in [5.41, 5.74) is 0.0139. The van der Waals surface area contributed by atoms with Crippen molar-refractivity contribution in [2.75, 3.05) is 31.6 Å². The van der Waals surface area contributed by atoms with E-state index in [0.29, 0.717) is 6.04 Å². The predicted octanol–water partition coefficient (Wildman–Crippen LogP) is 3.35. The van der Waals surface area contributed by atoms with Crippen LogP contribution < -0.4 is 4.90 Å². The summed E-state index contributed by atoms with van der Waals surface area (Å²) < 4.78 is 38.0. The maximum absolute atomic E-state index is 10.6. The van der Waals surface area contributed by atoms with Gasteiger partial charge in [-0.3, -0.25) is 4.90 Å². The van der Waals surface area contributed by atoms with Gasteiger partial charge in [-0.2, -0.15) is 13.2 Å². The zero-order chi connectivity index (χ0) is 22.6. The first kappa shape index (κ1) is 23.4. The molecule has 0 aromatic carbocycles. The van der Waals surface area contributed by atoms with Gasteiger partial charge in [0.25, 0.3) is 0 Å². The first-order valence-electron chi connectivity index (χ1n) is 9.80.